The molecule has 1 aliphatic rings. The molecule has 10 heteroatoms. The number of fused-ring (bicyclic) bond motifs is 2. The van der Waals surface area contributed by atoms with Gasteiger partial charge in [-0.3, -0.25) is 9.58 Å². The molecular formula is C17H19N9O. The van der Waals surface area contributed by atoms with Crippen molar-refractivity contribution in [2.45, 2.75) is 26.4 Å². The molecule has 0 aromatic carbocycles. The number of nitrogens with two attached hydrogens (primary N) is 1. The van der Waals surface area contributed by atoms with Gasteiger partial charge in [-0.25, -0.2) is 15.0 Å². The highest BCUT2D eigenvalue weighted by Gasteiger charge is 2.23. The van der Waals surface area contributed by atoms with Gasteiger partial charge in [-0.15, -0.1) is 5.10 Å². The van der Waals surface area contributed by atoms with Crippen molar-refractivity contribution < 1.29 is 4.42 Å². The molecule has 0 atom stereocenters. The van der Waals surface area contributed by atoms with Crippen LogP contribution < -0.4 is 5.73 Å². The number of aryl methyl sites for hydroxylation is 2. The Kier molecular flexibility index (Phi) is 3.47. The second-order valence-electron chi connectivity index (χ2n) is 6.75. The second kappa shape index (κ2) is 5.88. The van der Waals surface area contributed by atoms with Gasteiger partial charge in [0, 0.05) is 44.2 Å². The standard InChI is InChI=1S/C17H19N9O/c1-10-14(16-19-4-6-27-16)22-17(18)26-15(10)21-13(23-26)3-5-25-8-11-7-20-24(2)12(11)9-25/h4,6-7H,3,5,8-9H2,1-2H3,(H2,18,22). The Labute approximate surface area is 154 Å². The maximum absolute atomic E-state index is 6.08. The lowest BCUT2D eigenvalue weighted by atomic mass is 10.2. The molecule has 4 aromatic rings. The minimum absolute atomic E-state index is 0.266. The average Bonchev–Trinajstić information content (AvgIpc) is 3.41. The molecule has 0 unspecified atom stereocenters. The van der Waals surface area contributed by atoms with Gasteiger partial charge in [0.25, 0.3) is 0 Å². The lowest BCUT2D eigenvalue weighted by Crippen LogP contribution is -2.21. The van der Waals surface area contributed by atoms with E-state index in [1.54, 1.807) is 10.7 Å². The van der Waals surface area contributed by atoms with Gasteiger partial charge in [-0.05, 0) is 6.92 Å². The largest absolute Gasteiger partial charge is 0.443 e. The molecule has 0 saturated heterocycles. The molecule has 5 rings (SSSR count). The third-order valence-corrected chi connectivity index (χ3v) is 4.99. The minimum Gasteiger partial charge on any atom is -0.443 e. The van der Waals surface area contributed by atoms with Crippen LogP contribution in [0.2, 0.25) is 0 Å². The summed E-state index contributed by atoms with van der Waals surface area (Å²) in [7, 11) is 1.98. The van der Waals surface area contributed by atoms with Crippen molar-refractivity contribution in [2.24, 2.45) is 7.05 Å². The summed E-state index contributed by atoms with van der Waals surface area (Å²) in [6.07, 6.45) is 5.76. The van der Waals surface area contributed by atoms with E-state index in [0.717, 1.165) is 37.4 Å². The Balaban J connectivity index is 1.39. The van der Waals surface area contributed by atoms with Crippen LogP contribution in [0.4, 0.5) is 5.95 Å². The zero-order valence-corrected chi connectivity index (χ0v) is 15.1. The molecule has 0 amide bonds. The van der Waals surface area contributed by atoms with Crippen LogP contribution >= 0.6 is 0 Å². The van der Waals surface area contributed by atoms with E-state index in [1.165, 1.54) is 17.5 Å². The Hall–Kier alpha value is -3.27. The smallest absolute Gasteiger partial charge is 0.245 e. The normalized spacial score (nSPS) is 14.3. The number of anilines is 1. The molecule has 2 N–H and O–H groups in total. The highest BCUT2D eigenvalue weighted by Crippen LogP contribution is 2.25. The molecule has 0 spiro atoms. The van der Waals surface area contributed by atoms with Crippen molar-refractivity contribution in [3.8, 4) is 11.6 Å². The Morgan fingerprint density at radius 2 is 2.15 bits per heavy atom. The van der Waals surface area contributed by atoms with E-state index in [4.69, 9.17) is 10.2 Å². The average molecular weight is 365 g/mol. The first-order chi connectivity index (χ1) is 13.1. The van der Waals surface area contributed by atoms with Gasteiger partial charge in [0.2, 0.25) is 11.8 Å². The molecule has 138 valence electrons. The van der Waals surface area contributed by atoms with Crippen LogP contribution in [0.25, 0.3) is 17.2 Å². The van der Waals surface area contributed by atoms with Crippen LogP contribution in [0.3, 0.4) is 0 Å². The number of oxazole rings is 1. The molecule has 5 heterocycles. The summed E-state index contributed by atoms with van der Waals surface area (Å²) >= 11 is 0. The van der Waals surface area contributed by atoms with Crippen LogP contribution in [0, 0.1) is 6.92 Å². The van der Waals surface area contributed by atoms with Crippen molar-refractivity contribution in [1.82, 2.24) is 39.2 Å². The molecule has 0 radical (unpaired) electrons. The number of rotatable bonds is 4. The van der Waals surface area contributed by atoms with Crippen molar-refractivity contribution >= 4 is 11.6 Å². The molecule has 0 aliphatic carbocycles. The quantitative estimate of drug-likeness (QED) is 0.568. The minimum atomic E-state index is 0.266. The van der Waals surface area contributed by atoms with Gasteiger partial charge in [0.1, 0.15) is 12.0 Å². The summed E-state index contributed by atoms with van der Waals surface area (Å²) in [5, 5.41) is 8.83. The summed E-state index contributed by atoms with van der Waals surface area (Å²) < 4.78 is 8.88. The van der Waals surface area contributed by atoms with E-state index in [0.29, 0.717) is 17.2 Å². The first-order valence-corrected chi connectivity index (χ1v) is 8.74. The predicted octanol–water partition coefficient (Wildman–Crippen LogP) is 0.962. The number of nitrogens with zero attached hydrogens (tertiary/aromatic N) is 8. The highest BCUT2D eigenvalue weighted by atomic mass is 16.3. The number of hydrogen-bond donors (Lipinski definition) is 1. The van der Waals surface area contributed by atoms with Crippen LogP contribution in [-0.2, 0) is 26.6 Å². The Morgan fingerprint density at radius 3 is 2.93 bits per heavy atom. The van der Waals surface area contributed by atoms with Crippen molar-refractivity contribution in [1.29, 1.82) is 0 Å². The third-order valence-electron chi connectivity index (χ3n) is 4.99. The van der Waals surface area contributed by atoms with Crippen LogP contribution in [-0.4, -0.2) is 45.8 Å². The molecule has 0 fully saturated rings. The fraction of sp³-hybridized carbons (Fsp3) is 0.353. The van der Waals surface area contributed by atoms with E-state index in [-0.39, 0.29) is 5.95 Å². The van der Waals surface area contributed by atoms with E-state index in [9.17, 15) is 0 Å². The van der Waals surface area contributed by atoms with Gasteiger partial charge < -0.3 is 10.2 Å². The number of aromatic nitrogens is 7. The van der Waals surface area contributed by atoms with Gasteiger partial charge >= 0.3 is 0 Å². The molecule has 1 aliphatic heterocycles. The van der Waals surface area contributed by atoms with Crippen molar-refractivity contribution in [2.75, 3.05) is 12.3 Å². The lowest BCUT2D eigenvalue weighted by Gasteiger charge is -2.13. The molecule has 4 aromatic heterocycles. The first-order valence-electron chi connectivity index (χ1n) is 8.74. The summed E-state index contributed by atoms with van der Waals surface area (Å²) in [5.41, 5.74) is 10.8. The Morgan fingerprint density at radius 1 is 1.26 bits per heavy atom. The van der Waals surface area contributed by atoms with Crippen molar-refractivity contribution in [3.63, 3.8) is 0 Å². The van der Waals surface area contributed by atoms with Gasteiger partial charge in [0.05, 0.1) is 18.1 Å². The molecule has 0 bridgehead atoms. The molecule has 10 nitrogen and oxygen atoms in total. The molecule has 0 saturated carbocycles. The van der Waals surface area contributed by atoms with E-state index >= 15 is 0 Å². The SMILES string of the molecule is Cc1c(-c2ncco2)nc(N)n2nc(CCN3Cc4cnn(C)c4C3)nc12. The fourth-order valence-electron chi connectivity index (χ4n) is 3.53. The van der Waals surface area contributed by atoms with Crippen LogP contribution in [0.15, 0.2) is 23.1 Å². The summed E-state index contributed by atoms with van der Waals surface area (Å²) in [6.45, 7) is 4.60. The van der Waals surface area contributed by atoms with Crippen LogP contribution in [0.1, 0.15) is 22.6 Å². The fourth-order valence-corrected chi connectivity index (χ4v) is 3.53. The highest BCUT2D eigenvalue weighted by molar-refractivity contribution is 5.65. The maximum Gasteiger partial charge on any atom is 0.245 e. The van der Waals surface area contributed by atoms with Gasteiger partial charge in [0.15, 0.2) is 11.5 Å². The summed E-state index contributed by atoms with van der Waals surface area (Å²) in [6, 6.07) is 0. The van der Waals surface area contributed by atoms with E-state index < -0.39 is 0 Å². The maximum atomic E-state index is 6.08. The second-order valence-corrected chi connectivity index (χ2v) is 6.75. The lowest BCUT2D eigenvalue weighted by molar-refractivity contribution is 0.279. The predicted molar refractivity (Wildman–Crippen MR) is 96.5 cm³/mol. The van der Waals surface area contributed by atoms with Crippen LogP contribution in [0.5, 0.6) is 0 Å². The van der Waals surface area contributed by atoms with E-state index in [1.807, 2.05) is 24.9 Å². The van der Waals surface area contributed by atoms with Gasteiger partial charge in [-0.1, -0.05) is 0 Å². The Bertz CT molecular complexity index is 1130. The summed E-state index contributed by atoms with van der Waals surface area (Å²) in [5.74, 6) is 1.43. The number of hydrogen-bond acceptors (Lipinski definition) is 8. The van der Waals surface area contributed by atoms with E-state index in [2.05, 4.69) is 30.0 Å². The van der Waals surface area contributed by atoms with Gasteiger partial charge in [-0.2, -0.15) is 9.61 Å². The zero-order chi connectivity index (χ0) is 18.5. The third kappa shape index (κ3) is 2.56. The summed E-state index contributed by atoms with van der Waals surface area (Å²) in [4.78, 5) is 15.6. The number of nitrogen functional groups attached to an aromatic ring is 1. The monoisotopic (exact) mass is 365 g/mol. The zero-order valence-electron chi connectivity index (χ0n) is 15.1. The molecule has 27 heavy (non-hydrogen) atoms. The van der Waals surface area contributed by atoms with Crippen molar-refractivity contribution in [3.05, 3.63) is 41.3 Å². The first kappa shape index (κ1) is 15.9. The topological polar surface area (TPSA) is 116 Å². The molecular weight excluding hydrogens is 346 g/mol.